The van der Waals surface area contributed by atoms with Gasteiger partial charge in [-0.3, -0.25) is 0 Å². The highest BCUT2D eigenvalue weighted by Crippen LogP contribution is 2.29. The van der Waals surface area contributed by atoms with Gasteiger partial charge in [0.05, 0.1) is 0 Å². The second-order valence-electron chi connectivity index (χ2n) is 5.87. The maximum absolute atomic E-state index is 10.9. The Balaban J connectivity index is 2.34. The fourth-order valence-electron chi connectivity index (χ4n) is 2.37. The Hall–Kier alpha value is -1.11. The second-order valence-corrected chi connectivity index (χ2v) is 5.87. The average Bonchev–Trinajstić information content (AvgIpc) is 2.26. The Labute approximate surface area is 97.9 Å². The van der Waals surface area contributed by atoms with E-state index < -0.39 is 0 Å². The van der Waals surface area contributed by atoms with Crippen molar-refractivity contribution >= 4 is 6.29 Å². The van der Waals surface area contributed by atoms with Gasteiger partial charge in [0.25, 0.3) is 0 Å². The summed E-state index contributed by atoms with van der Waals surface area (Å²) in [7, 11) is 0. The van der Waals surface area contributed by atoms with E-state index in [-0.39, 0.29) is 11.3 Å². The number of benzene rings is 1. The molecule has 0 N–H and O–H groups in total. The quantitative estimate of drug-likeness (QED) is 0.658. The highest BCUT2D eigenvalue weighted by atomic mass is 16.1. The van der Waals surface area contributed by atoms with Crippen molar-refractivity contribution in [2.24, 2.45) is 5.92 Å². The summed E-state index contributed by atoms with van der Waals surface area (Å²) in [5, 5.41) is 0. The Morgan fingerprint density at radius 1 is 1.25 bits per heavy atom. The van der Waals surface area contributed by atoms with Gasteiger partial charge in [0, 0.05) is 5.92 Å². The molecule has 1 nitrogen and oxygen atoms in total. The fraction of sp³-hybridized carbons (Fsp3) is 0.533. The Morgan fingerprint density at radius 2 is 2.00 bits per heavy atom. The summed E-state index contributed by atoms with van der Waals surface area (Å²) in [6.07, 6.45) is 4.13. The van der Waals surface area contributed by atoms with Gasteiger partial charge in [0.2, 0.25) is 0 Å². The Morgan fingerprint density at radius 3 is 2.62 bits per heavy atom. The van der Waals surface area contributed by atoms with Crippen LogP contribution < -0.4 is 0 Å². The molecular formula is C15H20O. The molecule has 0 spiro atoms. The van der Waals surface area contributed by atoms with E-state index in [4.69, 9.17) is 0 Å². The Bertz CT molecular complexity index is 398. The average molecular weight is 216 g/mol. The van der Waals surface area contributed by atoms with Crippen molar-refractivity contribution in [1.82, 2.24) is 0 Å². The summed E-state index contributed by atoms with van der Waals surface area (Å²) in [5.41, 5.74) is 4.39. The minimum atomic E-state index is 0.198. The molecule has 0 radical (unpaired) electrons. The SMILES string of the molecule is CC(C)(C)c1ccc2c(c1)C[C@@H](C=O)CC2. The van der Waals surface area contributed by atoms with Gasteiger partial charge in [0.1, 0.15) is 6.29 Å². The first kappa shape index (κ1) is 11.4. The van der Waals surface area contributed by atoms with Gasteiger partial charge in [-0.25, -0.2) is 0 Å². The highest BCUT2D eigenvalue weighted by Gasteiger charge is 2.20. The van der Waals surface area contributed by atoms with Gasteiger partial charge in [-0.15, -0.1) is 0 Å². The molecule has 0 bridgehead atoms. The van der Waals surface area contributed by atoms with E-state index in [2.05, 4.69) is 39.0 Å². The first-order valence-electron chi connectivity index (χ1n) is 6.08. The number of hydrogen-bond donors (Lipinski definition) is 0. The summed E-state index contributed by atoms with van der Waals surface area (Å²) < 4.78 is 0. The molecule has 0 heterocycles. The minimum Gasteiger partial charge on any atom is -0.303 e. The number of aryl methyl sites for hydroxylation is 1. The van der Waals surface area contributed by atoms with Crippen LogP contribution in [0.25, 0.3) is 0 Å². The third kappa shape index (κ3) is 2.18. The second kappa shape index (κ2) is 4.04. The van der Waals surface area contributed by atoms with Crippen LogP contribution in [0.5, 0.6) is 0 Å². The zero-order chi connectivity index (χ0) is 11.8. The smallest absolute Gasteiger partial charge is 0.123 e. The third-order valence-electron chi connectivity index (χ3n) is 3.53. The van der Waals surface area contributed by atoms with E-state index in [9.17, 15) is 4.79 Å². The molecule has 1 heteroatoms. The predicted molar refractivity (Wildman–Crippen MR) is 66.7 cm³/mol. The van der Waals surface area contributed by atoms with Crippen LogP contribution in [-0.4, -0.2) is 6.29 Å². The van der Waals surface area contributed by atoms with Gasteiger partial charge in [-0.1, -0.05) is 39.0 Å². The van der Waals surface area contributed by atoms with Crippen LogP contribution >= 0.6 is 0 Å². The molecule has 0 saturated carbocycles. The van der Waals surface area contributed by atoms with Crippen molar-refractivity contribution in [3.63, 3.8) is 0 Å². The van der Waals surface area contributed by atoms with Gasteiger partial charge in [0.15, 0.2) is 0 Å². The molecule has 0 amide bonds. The minimum absolute atomic E-state index is 0.198. The molecule has 16 heavy (non-hydrogen) atoms. The standard InChI is InChI=1S/C15H20O/c1-15(2,3)14-7-6-12-5-4-11(10-16)8-13(12)9-14/h6-7,9-11H,4-5,8H2,1-3H3/t11-/m0/s1. The van der Waals surface area contributed by atoms with Gasteiger partial charge < -0.3 is 4.79 Å². The molecule has 1 atom stereocenters. The molecule has 1 aliphatic carbocycles. The summed E-state index contributed by atoms with van der Waals surface area (Å²) in [4.78, 5) is 10.9. The molecule has 0 saturated heterocycles. The number of rotatable bonds is 1. The lowest BCUT2D eigenvalue weighted by molar-refractivity contribution is -0.111. The van der Waals surface area contributed by atoms with Crippen molar-refractivity contribution in [2.45, 2.75) is 45.4 Å². The summed E-state index contributed by atoms with van der Waals surface area (Å²) in [6, 6.07) is 6.78. The Kier molecular flexibility index (Phi) is 2.88. The molecule has 0 aliphatic heterocycles. The van der Waals surface area contributed by atoms with Gasteiger partial charge in [-0.2, -0.15) is 0 Å². The predicted octanol–water partition coefficient (Wildman–Crippen LogP) is 3.29. The largest absolute Gasteiger partial charge is 0.303 e. The lowest BCUT2D eigenvalue weighted by Crippen LogP contribution is -2.18. The molecule has 1 aromatic carbocycles. The lowest BCUT2D eigenvalue weighted by Gasteiger charge is -2.25. The van der Waals surface area contributed by atoms with Crippen molar-refractivity contribution < 1.29 is 4.79 Å². The lowest BCUT2D eigenvalue weighted by atomic mass is 9.79. The number of aldehydes is 1. The van der Waals surface area contributed by atoms with Crippen molar-refractivity contribution in [1.29, 1.82) is 0 Å². The highest BCUT2D eigenvalue weighted by molar-refractivity contribution is 5.56. The van der Waals surface area contributed by atoms with E-state index in [1.165, 1.54) is 16.7 Å². The molecule has 0 aromatic heterocycles. The van der Waals surface area contributed by atoms with E-state index in [1.54, 1.807) is 0 Å². The molecular weight excluding hydrogens is 196 g/mol. The van der Waals surface area contributed by atoms with Crippen LogP contribution in [0.2, 0.25) is 0 Å². The first-order chi connectivity index (χ1) is 7.50. The van der Waals surface area contributed by atoms with Crippen LogP contribution in [0.4, 0.5) is 0 Å². The molecule has 2 rings (SSSR count). The number of carbonyl (C=O) groups is 1. The van der Waals surface area contributed by atoms with Gasteiger partial charge in [-0.05, 0) is 41.4 Å². The van der Waals surface area contributed by atoms with Crippen LogP contribution in [0.15, 0.2) is 18.2 Å². The maximum atomic E-state index is 10.9. The molecule has 1 aliphatic rings. The van der Waals surface area contributed by atoms with Crippen LogP contribution in [0, 0.1) is 5.92 Å². The van der Waals surface area contributed by atoms with E-state index in [1.807, 2.05) is 0 Å². The summed E-state index contributed by atoms with van der Waals surface area (Å²) >= 11 is 0. The third-order valence-corrected chi connectivity index (χ3v) is 3.53. The first-order valence-corrected chi connectivity index (χ1v) is 6.08. The molecule has 0 fully saturated rings. The van der Waals surface area contributed by atoms with Gasteiger partial charge >= 0.3 is 0 Å². The zero-order valence-corrected chi connectivity index (χ0v) is 10.4. The number of fused-ring (bicyclic) bond motifs is 1. The number of hydrogen-bond acceptors (Lipinski definition) is 1. The van der Waals surface area contributed by atoms with Crippen molar-refractivity contribution in [3.05, 3.63) is 34.9 Å². The van der Waals surface area contributed by atoms with E-state index >= 15 is 0 Å². The topological polar surface area (TPSA) is 17.1 Å². The molecule has 0 unspecified atom stereocenters. The van der Waals surface area contributed by atoms with Crippen molar-refractivity contribution in [2.75, 3.05) is 0 Å². The monoisotopic (exact) mass is 216 g/mol. The number of carbonyl (C=O) groups excluding carboxylic acids is 1. The van der Waals surface area contributed by atoms with Crippen LogP contribution in [0.1, 0.15) is 43.9 Å². The van der Waals surface area contributed by atoms with Crippen molar-refractivity contribution in [3.8, 4) is 0 Å². The summed E-state index contributed by atoms with van der Waals surface area (Å²) in [5.74, 6) is 0.239. The fourth-order valence-corrected chi connectivity index (χ4v) is 2.37. The normalized spacial score (nSPS) is 20.3. The van der Waals surface area contributed by atoms with Crippen LogP contribution in [-0.2, 0) is 23.1 Å². The molecule has 1 aromatic rings. The van der Waals surface area contributed by atoms with E-state index in [0.717, 1.165) is 25.5 Å². The summed E-state index contributed by atoms with van der Waals surface area (Å²) in [6.45, 7) is 6.69. The molecule has 86 valence electrons. The van der Waals surface area contributed by atoms with Crippen LogP contribution in [0.3, 0.4) is 0 Å². The van der Waals surface area contributed by atoms with E-state index in [0.29, 0.717) is 0 Å². The zero-order valence-electron chi connectivity index (χ0n) is 10.4. The maximum Gasteiger partial charge on any atom is 0.123 e.